The summed E-state index contributed by atoms with van der Waals surface area (Å²) in [5, 5.41) is 12.8. The van der Waals surface area contributed by atoms with Crippen molar-refractivity contribution in [3.8, 4) is 0 Å². The molecule has 1 unspecified atom stereocenters. The molecule has 1 atom stereocenters. The van der Waals surface area contributed by atoms with E-state index in [-0.39, 0.29) is 6.61 Å². The van der Waals surface area contributed by atoms with Crippen molar-refractivity contribution in [1.29, 1.82) is 0 Å². The average molecular weight is 289 g/mol. The number of nitrogens with zero attached hydrogens (tertiary/aromatic N) is 2. The molecule has 1 heterocycles. The summed E-state index contributed by atoms with van der Waals surface area (Å²) in [6.45, 7) is 6.43. The molecule has 1 aromatic heterocycles. The van der Waals surface area contributed by atoms with E-state index in [9.17, 15) is 5.11 Å². The molecule has 0 aliphatic heterocycles. The number of hydrogen-bond acceptors (Lipinski definition) is 3. The van der Waals surface area contributed by atoms with Crippen molar-refractivity contribution in [1.82, 2.24) is 14.9 Å². The molecule has 0 saturated carbocycles. The van der Waals surface area contributed by atoms with E-state index in [1.54, 1.807) is 0 Å². The van der Waals surface area contributed by atoms with Crippen molar-refractivity contribution in [3.63, 3.8) is 0 Å². The zero-order chi connectivity index (χ0) is 15.1. The molecular weight excluding hydrogens is 262 g/mol. The molecule has 2 aromatic rings. The molecule has 0 spiro atoms. The number of aryl methyl sites for hydroxylation is 1. The standard InChI is InChI=1S/C17H27N3O/c1-3-7-17-19-15-8-5-6-9-16(15)20(17)13-14(10-12-21)18-11-4-2/h5-6,8-9,14,18,21H,3-4,7,10-13H2,1-2H3. The number of aromatic nitrogens is 2. The van der Waals surface area contributed by atoms with Crippen molar-refractivity contribution in [2.45, 2.75) is 52.1 Å². The molecule has 116 valence electrons. The van der Waals surface area contributed by atoms with Crippen LogP contribution in [0.1, 0.15) is 38.9 Å². The number of aliphatic hydroxyl groups is 1. The molecule has 0 aliphatic carbocycles. The number of hydrogen-bond donors (Lipinski definition) is 2. The predicted molar refractivity (Wildman–Crippen MR) is 87.5 cm³/mol. The van der Waals surface area contributed by atoms with Crippen LogP contribution < -0.4 is 5.32 Å². The molecule has 0 amide bonds. The quantitative estimate of drug-likeness (QED) is 0.746. The van der Waals surface area contributed by atoms with Gasteiger partial charge in [0.1, 0.15) is 5.82 Å². The number of rotatable bonds is 9. The van der Waals surface area contributed by atoms with Gasteiger partial charge >= 0.3 is 0 Å². The lowest BCUT2D eigenvalue weighted by atomic mass is 10.2. The summed E-state index contributed by atoms with van der Waals surface area (Å²) < 4.78 is 2.32. The normalized spacial score (nSPS) is 12.9. The van der Waals surface area contributed by atoms with Crippen LogP contribution in [-0.2, 0) is 13.0 Å². The van der Waals surface area contributed by atoms with E-state index in [0.29, 0.717) is 6.04 Å². The third-order valence-electron chi connectivity index (χ3n) is 3.77. The first-order valence-corrected chi connectivity index (χ1v) is 8.08. The molecule has 2 N–H and O–H groups in total. The Morgan fingerprint density at radius 1 is 1.24 bits per heavy atom. The average Bonchev–Trinajstić information content (AvgIpc) is 2.83. The van der Waals surface area contributed by atoms with Gasteiger partial charge in [-0.3, -0.25) is 0 Å². The van der Waals surface area contributed by atoms with E-state index >= 15 is 0 Å². The van der Waals surface area contributed by atoms with Gasteiger partial charge in [-0.25, -0.2) is 4.98 Å². The minimum absolute atomic E-state index is 0.219. The number of fused-ring (bicyclic) bond motifs is 1. The number of benzene rings is 1. The molecule has 0 bridgehead atoms. The van der Waals surface area contributed by atoms with Gasteiger partial charge < -0.3 is 15.0 Å². The number of aliphatic hydroxyl groups excluding tert-OH is 1. The summed E-state index contributed by atoms with van der Waals surface area (Å²) in [5.41, 5.74) is 2.27. The molecule has 0 saturated heterocycles. The highest BCUT2D eigenvalue weighted by atomic mass is 16.3. The minimum atomic E-state index is 0.219. The summed E-state index contributed by atoms with van der Waals surface area (Å²) in [7, 11) is 0. The van der Waals surface area contributed by atoms with Crippen LogP contribution in [0.4, 0.5) is 0 Å². The smallest absolute Gasteiger partial charge is 0.109 e. The first-order chi connectivity index (χ1) is 10.3. The Morgan fingerprint density at radius 3 is 2.76 bits per heavy atom. The Balaban J connectivity index is 2.26. The zero-order valence-corrected chi connectivity index (χ0v) is 13.2. The van der Waals surface area contributed by atoms with Gasteiger partial charge in [-0.2, -0.15) is 0 Å². The highest BCUT2D eigenvalue weighted by Crippen LogP contribution is 2.18. The number of para-hydroxylation sites is 2. The Labute approximate surface area is 127 Å². The lowest BCUT2D eigenvalue weighted by Crippen LogP contribution is -2.35. The van der Waals surface area contributed by atoms with E-state index in [0.717, 1.165) is 50.1 Å². The van der Waals surface area contributed by atoms with Crippen molar-refractivity contribution in [2.24, 2.45) is 0 Å². The summed E-state index contributed by atoms with van der Waals surface area (Å²) >= 11 is 0. The largest absolute Gasteiger partial charge is 0.396 e. The first-order valence-electron chi connectivity index (χ1n) is 8.08. The van der Waals surface area contributed by atoms with Gasteiger partial charge in [-0.1, -0.05) is 26.0 Å². The van der Waals surface area contributed by atoms with Gasteiger partial charge in [-0.05, 0) is 37.9 Å². The monoisotopic (exact) mass is 289 g/mol. The van der Waals surface area contributed by atoms with Crippen LogP contribution in [0.5, 0.6) is 0 Å². The lowest BCUT2D eigenvalue weighted by molar-refractivity contribution is 0.256. The maximum atomic E-state index is 9.29. The van der Waals surface area contributed by atoms with E-state index in [2.05, 4.69) is 41.9 Å². The first kappa shape index (κ1) is 16.0. The molecule has 0 fully saturated rings. The van der Waals surface area contributed by atoms with Crippen LogP contribution in [0.25, 0.3) is 11.0 Å². The maximum absolute atomic E-state index is 9.29. The third-order valence-corrected chi connectivity index (χ3v) is 3.77. The van der Waals surface area contributed by atoms with Crippen LogP contribution >= 0.6 is 0 Å². The highest BCUT2D eigenvalue weighted by Gasteiger charge is 2.14. The number of nitrogens with one attached hydrogen (secondary N) is 1. The zero-order valence-electron chi connectivity index (χ0n) is 13.2. The van der Waals surface area contributed by atoms with Crippen LogP contribution in [-0.4, -0.2) is 33.9 Å². The second-order valence-electron chi connectivity index (χ2n) is 5.54. The van der Waals surface area contributed by atoms with Crippen molar-refractivity contribution in [3.05, 3.63) is 30.1 Å². The minimum Gasteiger partial charge on any atom is -0.396 e. The second-order valence-corrected chi connectivity index (χ2v) is 5.54. The van der Waals surface area contributed by atoms with Gasteiger partial charge in [0.25, 0.3) is 0 Å². The molecule has 21 heavy (non-hydrogen) atoms. The Bertz CT molecular complexity index is 550. The van der Waals surface area contributed by atoms with E-state index < -0.39 is 0 Å². The molecule has 1 aromatic carbocycles. The Morgan fingerprint density at radius 2 is 2.05 bits per heavy atom. The second kappa shape index (κ2) is 8.15. The topological polar surface area (TPSA) is 50.1 Å². The molecule has 0 aliphatic rings. The fourth-order valence-corrected chi connectivity index (χ4v) is 2.73. The Hall–Kier alpha value is -1.39. The molecule has 4 heteroatoms. The van der Waals surface area contributed by atoms with Gasteiger partial charge in [0, 0.05) is 25.6 Å². The molecular formula is C17H27N3O. The van der Waals surface area contributed by atoms with Crippen molar-refractivity contribution in [2.75, 3.05) is 13.2 Å². The van der Waals surface area contributed by atoms with Crippen LogP contribution in [0.3, 0.4) is 0 Å². The van der Waals surface area contributed by atoms with E-state index in [1.807, 2.05) is 6.07 Å². The molecule has 2 rings (SSSR count). The van der Waals surface area contributed by atoms with E-state index in [4.69, 9.17) is 4.98 Å². The third kappa shape index (κ3) is 4.05. The fraction of sp³-hybridized carbons (Fsp3) is 0.588. The van der Waals surface area contributed by atoms with Gasteiger partial charge in [0.2, 0.25) is 0 Å². The molecule has 4 nitrogen and oxygen atoms in total. The highest BCUT2D eigenvalue weighted by molar-refractivity contribution is 5.75. The van der Waals surface area contributed by atoms with Crippen LogP contribution in [0, 0.1) is 0 Å². The number of imidazole rings is 1. The summed E-state index contributed by atoms with van der Waals surface area (Å²) in [6.07, 6.45) is 3.97. The van der Waals surface area contributed by atoms with Gasteiger partial charge in [0.05, 0.1) is 11.0 Å². The van der Waals surface area contributed by atoms with E-state index in [1.165, 1.54) is 5.52 Å². The van der Waals surface area contributed by atoms with Gasteiger partial charge in [0.15, 0.2) is 0 Å². The molecule has 0 radical (unpaired) electrons. The maximum Gasteiger partial charge on any atom is 0.109 e. The Kier molecular flexibility index (Phi) is 6.21. The van der Waals surface area contributed by atoms with Gasteiger partial charge in [-0.15, -0.1) is 0 Å². The van der Waals surface area contributed by atoms with Crippen LogP contribution in [0.15, 0.2) is 24.3 Å². The SMILES string of the molecule is CCCNC(CCO)Cn1c(CCC)nc2ccccc21. The summed E-state index contributed by atoms with van der Waals surface area (Å²) in [5.74, 6) is 1.15. The summed E-state index contributed by atoms with van der Waals surface area (Å²) in [6, 6.07) is 8.61. The van der Waals surface area contributed by atoms with Crippen molar-refractivity contribution < 1.29 is 5.11 Å². The van der Waals surface area contributed by atoms with Crippen LogP contribution in [0.2, 0.25) is 0 Å². The van der Waals surface area contributed by atoms with Crippen molar-refractivity contribution >= 4 is 11.0 Å². The fourth-order valence-electron chi connectivity index (χ4n) is 2.73. The lowest BCUT2D eigenvalue weighted by Gasteiger charge is -2.20. The predicted octanol–water partition coefficient (Wildman–Crippen LogP) is 2.74. The summed E-state index contributed by atoms with van der Waals surface area (Å²) in [4.78, 5) is 4.77.